The Morgan fingerprint density at radius 1 is 1.07 bits per heavy atom. The molecule has 1 heterocycles. The number of allylic oxidation sites excluding steroid dienone is 1. The summed E-state index contributed by atoms with van der Waals surface area (Å²) in [5.41, 5.74) is 4.93. The topological polar surface area (TPSA) is 51.5 Å². The predicted molar refractivity (Wildman–Crippen MR) is 116 cm³/mol. The maximum Gasteiger partial charge on any atom is 0.248 e. The summed E-state index contributed by atoms with van der Waals surface area (Å²) < 4.78 is 11.5. The van der Waals surface area contributed by atoms with Crippen LogP contribution in [-0.4, -0.2) is 13.0 Å². The Hall–Kier alpha value is -2.43. The van der Waals surface area contributed by atoms with Gasteiger partial charge in [0.1, 0.15) is 17.1 Å². The van der Waals surface area contributed by atoms with E-state index in [0.717, 1.165) is 39.0 Å². The van der Waals surface area contributed by atoms with Crippen molar-refractivity contribution in [1.29, 1.82) is 0 Å². The molecule has 0 aliphatic rings. The third-order valence-electron chi connectivity index (χ3n) is 4.75. The van der Waals surface area contributed by atoms with E-state index in [-0.39, 0.29) is 5.91 Å². The zero-order valence-electron chi connectivity index (χ0n) is 16.4. The van der Waals surface area contributed by atoms with Crippen LogP contribution in [0.5, 0.6) is 5.75 Å². The standard InChI is InChI=1S/C22H21Cl2NO3/c1-11(6-20(26)25-17-8-15(23)7-16(24)9-17)18-10-19-12(2)14(4)28-22(19)13(3)21(18)27-5/h6-10H,1-5H3,(H,25,26)/b11-6+. The summed E-state index contributed by atoms with van der Waals surface area (Å²) in [6.07, 6.45) is 1.53. The van der Waals surface area contributed by atoms with Crippen molar-refractivity contribution in [2.45, 2.75) is 27.7 Å². The molecular weight excluding hydrogens is 397 g/mol. The maximum absolute atomic E-state index is 12.5. The van der Waals surface area contributed by atoms with E-state index >= 15 is 0 Å². The van der Waals surface area contributed by atoms with Crippen LogP contribution in [0.1, 0.15) is 29.4 Å². The van der Waals surface area contributed by atoms with Crippen molar-refractivity contribution in [3.05, 3.63) is 62.8 Å². The molecule has 0 spiro atoms. The number of aryl methyl sites for hydroxylation is 3. The Balaban J connectivity index is 2.00. The van der Waals surface area contributed by atoms with Gasteiger partial charge in [-0.05, 0) is 63.1 Å². The van der Waals surface area contributed by atoms with Crippen molar-refractivity contribution in [3.63, 3.8) is 0 Å². The van der Waals surface area contributed by atoms with Gasteiger partial charge in [-0.3, -0.25) is 4.79 Å². The van der Waals surface area contributed by atoms with E-state index in [4.69, 9.17) is 32.4 Å². The lowest BCUT2D eigenvalue weighted by molar-refractivity contribution is -0.111. The monoisotopic (exact) mass is 417 g/mol. The predicted octanol–water partition coefficient (Wildman–Crippen LogP) is 6.72. The first-order valence-electron chi connectivity index (χ1n) is 8.74. The number of ether oxygens (including phenoxy) is 1. The summed E-state index contributed by atoms with van der Waals surface area (Å²) in [4.78, 5) is 12.5. The van der Waals surface area contributed by atoms with Gasteiger partial charge in [0.25, 0.3) is 0 Å². The molecule has 1 amide bonds. The van der Waals surface area contributed by atoms with Crippen LogP contribution in [0.4, 0.5) is 5.69 Å². The molecule has 3 rings (SSSR count). The molecule has 146 valence electrons. The minimum Gasteiger partial charge on any atom is -0.496 e. The lowest BCUT2D eigenvalue weighted by atomic mass is 9.98. The summed E-state index contributed by atoms with van der Waals surface area (Å²) in [7, 11) is 1.61. The maximum atomic E-state index is 12.5. The third kappa shape index (κ3) is 3.89. The number of amides is 1. The highest BCUT2D eigenvalue weighted by Gasteiger charge is 2.18. The van der Waals surface area contributed by atoms with Gasteiger partial charge in [-0.1, -0.05) is 23.2 Å². The van der Waals surface area contributed by atoms with E-state index in [1.54, 1.807) is 25.3 Å². The number of halogens is 2. The number of fused-ring (bicyclic) bond motifs is 1. The van der Waals surface area contributed by atoms with Crippen LogP contribution in [0.3, 0.4) is 0 Å². The number of methoxy groups -OCH3 is 1. The SMILES string of the molecule is COc1c(/C(C)=C/C(=O)Nc2cc(Cl)cc(Cl)c2)cc2c(C)c(C)oc2c1C. The fraction of sp³-hybridized carbons (Fsp3) is 0.227. The molecule has 4 nitrogen and oxygen atoms in total. The highest BCUT2D eigenvalue weighted by Crippen LogP contribution is 2.38. The molecule has 0 atom stereocenters. The fourth-order valence-electron chi connectivity index (χ4n) is 3.25. The molecule has 28 heavy (non-hydrogen) atoms. The zero-order valence-corrected chi connectivity index (χ0v) is 17.9. The molecule has 3 aromatic rings. The van der Waals surface area contributed by atoms with E-state index in [2.05, 4.69) is 5.32 Å². The van der Waals surface area contributed by atoms with Crippen molar-refractivity contribution in [2.24, 2.45) is 0 Å². The van der Waals surface area contributed by atoms with Crippen LogP contribution in [-0.2, 0) is 4.79 Å². The average Bonchev–Trinajstić information content (AvgIpc) is 2.89. The number of hydrogen-bond acceptors (Lipinski definition) is 3. The number of hydrogen-bond donors (Lipinski definition) is 1. The van der Waals surface area contributed by atoms with Crippen molar-refractivity contribution in [3.8, 4) is 5.75 Å². The minimum absolute atomic E-state index is 0.282. The summed E-state index contributed by atoms with van der Waals surface area (Å²) in [6, 6.07) is 6.89. The molecule has 0 saturated heterocycles. The van der Waals surface area contributed by atoms with E-state index < -0.39 is 0 Å². The second-order valence-corrected chi connectivity index (χ2v) is 7.59. The molecule has 6 heteroatoms. The van der Waals surface area contributed by atoms with Crippen LogP contribution in [0.2, 0.25) is 10.0 Å². The smallest absolute Gasteiger partial charge is 0.248 e. The number of anilines is 1. The highest BCUT2D eigenvalue weighted by molar-refractivity contribution is 6.35. The van der Waals surface area contributed by atoms with Gasteiger partial charge < -0.3 is 14.5 Å². The Bertz CT molecular complexity index is 1090. The molecule has 0 aliphatic heterocycles. The molecule has 0 unspecified atom stereocenters. The van der Waals surface area contributed by atoms with E-state index in [9.17, 15) is 4.79 Å². The molecule has 2 aromatic carbocycles. The lowest BCUT2D eigenvalue weighted by Gasteiger charge is -2.13. The molecule has 1 N–H and O–H groups in total. The molecule has 0 aliphatic carbocycles. The van der Waals surface area contributed by atoms with Gasteiger partial charge in [-0.2, -0.15) is 0 Å². The first kappa shape index (κ1) is 20.3. The first-order chi connectivity index (χ1) is 13.2. The van der Waals surface area contributed by atoms with E-state index in [1.165, 1.54) is 6.08 Å². The average molecular weight is 418 g/mol. The Morgan fingerprint density at radius 3 is 2.32 bits per heavy atom. The van der Waals surface area contributed by atoms with Crippen molar-refractivity contribution in [2.75, 3.05) is 12.4 Å². The number of furan rings is 1. The van der Waals surface area contributed by atoms with E-state index in [0.29, 0.717) is 21.5 Å². The van der Waals surface area contributed by atoms with Gasteiger partial charge in [-0.15, -0.1) is 0 Å². The van der Waals surface area contributed by atoms with Gasteiger partial charge >= 0.3 is 0 Å². The van der Waals surface area contributed by atoms with E-state index in [1.807, 2.05) is 33.8 Å². The normalized spacial score (nSPS) is 11.8. The third-order valence-corrected chi connectivity index (χ3v) is 5.19. The van der Waals surface area contributed by atoms with Crippen LogP contribution in [0, 0.1) is 20.8 Å². The van der Waals surface area contributed by atoms with Gasteiger partial charge in [-0.25, -0.2) is 0 Å². The second kappa shape index (κ2) is 7.90. The quantitative estimate of drug-likeness (QED) is 0.479. The number of rotatable bonds is 4. The Kier molecular flexibility index (Phi) is 5.73. The van der Waals surface area contributed by atoms with Gasteiger partial charge in [0.2, 0.25) is 5.91 Å². The van der Waals surface area contributed by atoms with Gasteiger partial charge in [0, 0.05) is 38.3 Å². The van der Waals surface area contributed by atoms with Crippen LogP contribution in [0.15, 0.2) is 34.8 Å². The first-order valence-corrected chi connectivity index (χ1v) is 9.50. The zero-order chi connectivity index (χ0) is 20.6. The molecule has 0 bridgehead atoms. The second-order valence-electron chi connectivity index (χ2n) is 6.72. The Morgan fingerprint density at radius 2 is 1.71 bits per heavy atom. The highest BCUT2D eigenvalue weighted by atomic mass is 35.5. The number of carbonyl (C=O) groups is 1. The summed E-state index contributed by atoms with van der Waals surface area (Å²) in [6.45, 7) is 7.78. The number of benzene rings is 2. The van der Waals surface area contributed by atoms with Crippen molar-refractivity contribution in [1.82, 2.24) is 0 Å². The summed E-state index contributed by atoms with van der Waals surface area (Å²) in [5.74, 6) is 1.28. The molecule has 0 radical (unpaired) electrons. The van der Waals surface area contributed by atoms with Crippen molar-refractivity contribution < 1.29 is 13.9 Å². The molecule has 0 fully saturated rings. The molecule has 1 aromatic heterocycles. The molecule has 0 saturated carbocycles. The molecular formula is C22H21Cl2NO3. The van der Waals surface area contributed by atoms with Gasteiger partial charge in [0.15, 0.2) is 0 Å². The van der Waals surface area contributed by atoms with Gasteiger partial charge in [0.05, 0.1) is 7.11 Å². The summed E-state index contributed by atoms with van der Waals surface area (Å²) >= 11 is 12.0. The number of nitrogens with one attached hydrogen (secondary N) is 1. The van der Waals surface area contributed by atoms with Crippen LogP contribution < -0.4 is 10.1 Å². The van der Waals surface area contributed by atoms with Crippen molar-refractivity contribution >= 4 is 51.3 Å². The van der Waals surface area contributed by atoms with Crippen LogP contribution in [0.25, 0.3) is 16.5 Å². The largest absolute Gasteiger partial charge is 0.496 e. The van der Waals surface area contributed by atoms with Crippen LogP contribution >= 0.6 is 23.2 Å². The Labute approximate surface area is 174 Å². The minimum atomic E-state index is -0.282. The fourth-order valence-corrected chi connectivity index (χ4v) is 3.77. The lowest BCUT2D eigenvalue weighted by Crippen LogP contribution is -2.08. The summed E-state index contributed by atoms with van der Waals surface area (Å²) in [5, 5.41) is 4.71. The number of carbonyl (C=O) groups excluding carboxylic acids is 1.